The van der Waals surface area contributed by atoms with E-state index in [4.69, 9.17) is 4.74 Å². The first-order chi connectivity index (χ1) is 10.3. The van der Waals surface area contributed by atoms with Crippen LogP contribution in [-0.2, 0) is 9.84 Å². The molecule has 0 bridgehead atoms. The van der Waals surface area contributed by atoms with E-state index in [0.717, 1.165) is 12.1 Å². The van der Waals surface area contributed by atoms with E-state index in [1.54, 1.807) is 0 Å². The number of methoxy groups -OCH3 is 1. The van der Waals surface area contributed by atoms with E-state index in [1.165, 1.54) is 31.4 Å². The van der Waals surface area contributed by atoms with E-state index in [9.17, 15) is 22.0 Å². The van der Waals surface area contributed by atoms with Gasteiger partial charge >= 0.3 is 0 Å². The van der Waals surface area contributed by atoms with Crippen molar-refractivity contribution in [1.82, 2.24) is 0 Å². The van der Waals surface area contributed by atoms with Crippen LogP contribution < -0.4 is 4.74 Å². The van der Waals surface area contributed by atoms with Gasteiger partial charge in [-0.1, -0.05) is 0 Å². The maximum Gasteiger partial charge on any atom is 0.188 e. The summed E-state index contributed by atoms with van der Waals surface area (Å²) in [6.45, 7) is 0. The van der Waals surface area contributed by atoms with Crippen molar-refractivity contribution in [3.63, 3.8) is 0 Å². The lowest BCUT2D eigenvalue weighted by Crippen LogP contribution is -2.17. The second-order valence-corrected chi connectivity index (χ2v) is 6.44. The summed E-state index contributed by atoms with van der Waals surface area (Å²) in [5.41, 5.74) is 0.159. The Morgan fingerprint density at radius 3 is 2.27 bits per heavy atom. The van der Waals surface area contributed by atoms with Crippen LogP contribution in [0.5, 0.6) is 5.75 Å². The molecule has 116 valence electrons. The van der Waals surface area contributed by atoms with Gasteiger partial charge in [-0.3, -0.25) is 4.79 Å². The maximum atomic E-state index is 13.6. The van der Waals surface area contributed by atoms with Crippen molar-refractivity contribution in [2.75, 3.05) is 12.9 Å². The molecule has 0 saturated heterocycles. The number of carbonyl (C=O) groups excluding carboxylic acids is 1. The second kappa shape index (κ2) is 6.23. The molecule has 0 heterocycles. The highest BCUT2D eigenvalue weighted by atomic mass is 32.2. The van der Waals surface area contributed by atoms with Crippen molar-refractivity contribution >= 4 is 15.6 Å². The van der Waals surface area contributed by atoms with Gasteiger partial charge in [0.15, 0.2) is 15.6 Å². The molecule has 0 N–H and O–H groups in total. The molecular formula is C15H12F2O4S. The quantitative estimate of drug-likeness (QED) is 0.626. The maximum absolute atomic E-state index is 13.6. The smallest absolute Gasteiger partial charge is 0.188 e. The molecule has 0 amide bonds. The van der Waals surface area contributed by atoms with Crippen LogP contribution in [0.1, 0.15) is 10.4 Å². The van der Waals surface area contributed by atoms with Crippen LogP contribution in [0.15, 0.2) is 47.4 Å². The van der Waals surface area contributed by atoms with Crippen molar-refractivity contribution in [1.29, 1.82) is 0 Å². The third-order valence-electron chi connectivity index (χ3n) is 2.96. The number of halogens is 2. The lowest BCUT2D eigenvalue weighted by Gasteiger charge is -2.06. The molecule has 22 heavy (non-hydrogen) atoms. The molecule has 0 fully saturated rings. The number of ether oxygens (including phenoxy) is 1. The van der Waals surface area contributed by atoms with Crippen molar-refractivity contribution in [2.45, 2.75) is 4.90 Å². The summed E-state index contributed by atoms with van der Waals surface area (Å²) in [6, 6.07) is 7.95. The van der Waals surface area contributed by atoms with Crippen molar-refractivity contribution < 1.29 is 26.7 Å². The third kappa shape index (κ3) is 3.48. The molecule has 0 aromatic heterocycles. The number of Topliss-reactive ketones (excluding diaryl/α,β-unsaturated/α-hetero) is 1. The number of carbonyl (C=O) groups is 1. The predicted octanol–water partition coefficient (Wildman–Crippen LogP) is 2.63. The molecule has 0 saturated carbocycles. The highest BCUT2D eigenvalue weighted by molar-refractivity contribution is 7.92. The fourth-order valence-corrected chi connectivity index (χ4v) is 3.14. The van der Waals surface area contributed by atoms with Crippen LogP contribution in [0.4, 0.5) is 8.78 Å². The average molecular weight is 326 g/mol. The lowest BCUT2D eigenvalue weighted by atomic mass is 10.1. The van der Waals surface area contributed by atoms with Gasteiger partial charge in [-0.15, -0.1) is 0 Å². The average Bonchev–Trinajstić information content (AvgIpc) is 2.46. The highest BCUT2D eigenvalue weighted by Gasteiger charge is 2.24. The monoisotopic (exact) mass is 326 g/mol. The SMILES string of the molecule is COc1ccc(C(=O)CS(=O)(=O)c2ccc(F)cc2F)cc1. The molecule has 0 aliphatic carbocycles. The topological polar surface area (TPSA) is 60.4 Å². The van der Waals surface area contributed by atoms with Gasteiger partial charge in [-0.05, 0) is 36.4 Å². The summed E-state index contributed by atoms with van der Waals surface area (Å²) in [5.74, 6) is -3.18. The molecule has 0 aliphatic heterocycles. The molecule has 4 nitrogen and oxygen atoms in total. The molecule has 0 aliphatic rings. The summed E-state index contributed by atoms with van der Waals surface area (Å²) < 4.78 is 55.4. The van der Waals surface area contributed by atoms with Crippen LogP contribution in [0.3, 0.4) is 0 Å². The van der Waals surface area contributed by atoms with Crippen LogP contribution >= 0.6 is 0 Å². The van der Waals surface area contributed by atoms with Gasteiger partial charge in [0.25, 0.3) is 0 Å². The van der Waals surface area contributed by atoms with E-state index >= 15 is 0 Å². The van der Waals surface area contributed by atoms with Crippen LogP contribution in [0.25, 0.3) is 0 Å². The first kappa shape index (κ1) is 16.1. The normalized spacial score (nSPS) is 11.2. The largest absolute Gasteiger partial charge is 0.497 e. The highest BCUT2D eigenvalue weighted by Crippen LogP contribution is 2.19. The van der Waals surface area contributed by atoms with E-state index < -0.39 is 37.9 Å². The van der Waals surface area contributed by atoms with Gasteiger partial charge < -0.3 is 4.74 Å². The Kier molecular flexibility index (Phi) is 4.56. The summed E-state index contributed by atoms with van der Waals surface area (Å²) >= 11 is 0. The number of sulfone groups is 1. The Balaban J connectivity index is 2.25. The fourth-order valence-electron chi connectivity index (χ4n) is 1.84. The molecule has 0 unspecified atom stereocenters. The Morgan fingerprint density at radius 2 is 1.73 bits per heavy atom. The Labute approximate surface area is 126 Å². The van der Waals surface area contributed by atoms with Gasteiger partial charge in [0.05, 0.1) is 7.11 Å². The number of hydrogen-bond donors (Lipinski definition) is 0. The standard InChI is InChI=1S/C15H12F2O4S/c1-21-12-5-2-10(3-6-12)14(18)9-22(19,20)15-7-4-11(16)8-13(15)17/h2-8H,9H2,1H3. The minimum Gasteiger partial charge on any atom is -0.497 e. The summed E-state index contributed by atoms with van der Waals surface area (Å²) in [5, 5.41) is 0. The summed E-state index contributed by atoms with van der Waals surface area (Å²) in [6.07, 6.45) is 0. The number of rotatable bonds is 5. The predicted molar refractivity (Wildman–Crippen MR) is 75.7 cm³/mol. The van der Waals surface area contributed by atoms with Crippen molar-refractivity contribution in [3.05, 3.63) is 59.7 Å². The van der Waals surface area contributed by atoms with Gasteiger partial charge in [0, 0.05) is 11.6 Å². The van der Waals surface area contributed by atoms with Crippen molar-refractivity contribution in [3.8, 4) is 5.75 Å². The van der Waals surface area contributed by atoms with Crippen molar-refractivity contribution in [2.24, 2.45) is 0 Å². The van der Waals surface area contributed by atoms with Crippen LogP contribution in [-0.4, -0.2) is 27.1 Å². The molecule has 7 heteroatoms. The molecule has 0 spiro atoms. The Bertz CT molecular complexity index is 799. The van der Waals surface area contributed by atoms with E-state index in [1.807, 2.05) is 0 Å². The molecular weight excluding hydrogens is 314 g/mol. The van der Waals surface area contributed by atoms with Gasteiger partial charge in [-0.25, -0.2) is 17.2 Å². The number of ketones is 1. The summed E-state index contributed by atoms with van der Waals surface area (Å²) in [7, 11) is -2.74. The molecule has 0 atom stereocenters. The van der Waals surface area contributed by atoms with Crippen LogP contribution in [0, 0.1) is 11.6 Å². The van der Waals surface area contributed by atoms with Crippen LogP contribution in [0.2, 0.25) is 0 Å². The zero-order chi connectivity index (χ0) is 16.3. The van der Waals surface area contributed by atoms with Gasteiger partial charge in [0.1, 0.15) is 28.0 Å². The number of benzene rings is 2. The molecule has 2 rings (SSSR count). The first-order valence-corrected chi connectivity index (χ1v) is 7.84. The van der Waals surface area contributed by atoms with Gasteiger partial charge in [-0.2, -0.15) is 0 Å². The molecule has 0 radical (unpaired) electrons. The fraction of sp³-hybridized carbons (Fsp3) is 0.133. The van der Waals surface area contributed by atoms with E-state index in [2.05, 4.69) is 0 Å². The molecule has 2 aromatic carbocycles. The van der Waals surface area contributed by atoms with E-state index in [-0.39, 0.29) is 5.56 Å². The zero-order valence-electron chi connectivity index (χ0n) is 11.5. The van der Waals surface area contributed by atoms with E-state index in [0.29, 0.717) is 11.8 Å². The number of hydrogen-bond acceptors (Lipinski definition) is 4. The zero-order valence-corrected chi connectivity index (χ0v) is 12.4. The second-order valence-electron chi connectivity index (χ2n) is 4.49. The van der Waals surface area contributed by atoms with Gasteiger partial charge in [0.2, 0.25) is 0 Å². The summed E-state index contributed by atoms with van der Waals surface area (Å²) in [4.78, 5) is 11.3. The molecule has 2 aromatic rings. The Morgan fingerprint density at radius 1 is 1.09 bits per heavy atom. The first-order valence-electron chi connectivity index (χ1n) is 6.18. The lowest BCUT2D eigenvalue weighted by molar-refractivity contribution is 0.102. The minimum atomic E-state index is -4.19. The Hall–Kier alpha value is -2.28. The minimum absolute atomic E-state index is 0.159. The third-order valence-corrected chi connectivity index (χ3v) is 4.61.